The molecule has 1 heterocycles. The van der Waals surface area contributed by atoms with Gasteiger partial charge in [-0.1, -0.05) is 6.07 Å². The molecule has 0 spiro atoms. The van der Waals surface area contributed by atoms with Crippen molar-refractivity contribution in [2.75, 3.05) is 0 Å². The Morgan fingerprint density at radius 2 is 1.80 bits per heavy atom. The van der Waals surface area contributed by atoms with E-state index in [2.05, 4.69) is 4.74 Å². The predicted molar refractivity (Wildman–Crippen MR) is 58.7 cm³/mol. The first kappa shape index (κ1) is 10.7. The molecule has 1 aromatic carbocycles. The van der Waals surface area contributed by atoms with Crippen molar-refractivity contribution in [2.45, 2.75) is 6.04 Å². The lowest BCUT2D eigenvalue weighted by molar-refractivity contribution is 0.0444. The fraction of sp³-hybridized carbons (Fsp3) is 0.111. The van der Waals surface area contributed by atoms with Crippen LogP contribution in [0.1, 0.15) is 26.3 Å². The van der Waals surface area contributed by atoms with Crippen LogP contribution in [0.4, 0.5) is 0 Å². The van der Waals surface area contributed by atoms with E-state index in [1.54, 1.807) is 18.2 Å². The van der Waals surface area contributed by atoms with Gasteiger partial charge in [0.15, 0.2) is 0 Å². The largest absolute Gasteiger partial charge is 0.386 e. The topological polar surface area (TPSA) is 43.4 Å². The number of ether oxygens (including phenoxy) is 1. The molecule has 0 atom stereocenters. The first-order chi connectivity index (χ1) is 7.08. The summed E-state index contributed by atoms with van der Waals surface area (Å²) in [5.41, 5.74) is 1.48. The van der Waals surface area contributed by atoms with E-state index < -0.39 is 19.4 Å². The van der Waals surface area contributed by atoms with Gasteiger partial charge < -0.3 is 4.74 Å². The standard InChI is InChI=1S/C9H6Cl2O3Si/c10-15(11)4-5-1-2-6-7(3-5)9(13)14-8(6)12/h1-3,15H,4H2. The van der Waals surface area contributed by atoms with Crippen molar-refractivity contribution in [1.82, 2.24) is 0 Å². The molecule has 0 bridgehead atoms. The molecule has 0 fully saturated rings. The van der Waals surface area contributed by atoms with Gasteiger partial charge in [-0.05, 0) is 23.7 Å². The summed E-state index contributed by atoms with van der Waals surface area (Å²) in [5.74, 6) is -1.19. The van der Waals surface area contributed by atoms with Gasteiger partial charge in [-0.2, -0.15) is 0 Å². The average Bonchev–Trinajstić information content (AvgIpc) is 2.41. The zero-order chi connectivity index (χ0) is 11.0. The highest BCUT2D eigenvalue weighted by molar-refractivity contribution is 7.33. The van der Waals surface area contributed by atoms with Gasteiger partial charge in [-0.25, -0.2) is 9.59 Å². The molecule has 0 unspecified atom stereocenters. The fourth-order valence-corrected chi connectivity index (χ4v) is 3.12. The van der Waals surface area contributed by atoms with Crippen molar-refractivity contribution in [2.24, 2.45) is 0 Å². The summed E-state index contributed by atoms with van der Waals surface area (Å²) in [6, 6.07) is 5.50. The van der Waals surface area contributed by atoms with E-state index in [-0.39, 0.29) is 0 Å². The normalized spacial score (nSPS) is 14.3. The molecule has 0 saturated carbocycles. The molecule has 1 aromatic rings. The van der Waals surface area contributed by atoms with Crippen molar-refractivity contribution in [1.29, 1.82) is 0 Å². The van der Waals surface area contributed by atoms with E-state index in [1.165, 1.54) is 0 Å². The van der Waals surface area contributed by atoms with Crippen molar-refractivity contribution < 1.29 is 14.3 Å². The maximum Gasteiger partial charge on any atom is 0.346 e. The Morgan fingerprint density at radius 1 is 1.13 bits per heavy atom. The van der Waals surface area contributed by atoms with E-state index >= 15 is 0 Å². The van der Waals surface area contributed by atoms with E-state index in [4.69, 9.17) is 22.2 Å². The van der Waals surface area contributed by atoms with Crippen LogP contribution in [-0.2, 0) is 10.8 Å². The van der Waals surface area contributed by atoms with Crippen LogP contribution in [0.25, 0.3) is 0 Å². The van der Waals surface area contributed by atoms with Crippen LogP contribution in [0.2, 0.25) is 0 Å². The molecule has 2 rings (SSSR count). The smallest absolute Gasteiger partial charge is 0.346 e. The highest BCUT2D eigenvalue weighted by atomic mass is 35.7. The molecule has 1 aliphatic heterocycles. The summed E-state index contributed by atoms with van der Waals surface area (Å²) in [5, 5.41) is 0. The summed E-state index contributed by atoms with van der Waals surface area (Å²) in [6.07, 6.45) is 0. The summed E-state index contributed by atoms with van der Waals surface area (Å²) < 4.78 is 4.46. The number of carbonyl (C=O) groups is 2. The van der Waals surface area contributed by atoms with Crippen molar-refractivity contribution in [3.63, 3.8) is 0 Å². The van der Waals surface area contributed by atoms with E-state index in [9.17, 15) is 9.59 Å². The Balaban J connectivity index is 2.38. The molecular formula is C9H6Cl2O3Si. The average molecular weight is 261 g/mol. The molecule has 15 heavy (non-hydrogen) atoms. The Labute approximate surface area is 97.0 Å². The number of hydrogen-bond acceptors (Lipinski definition) is 3. The van der Waals surface area contributed by atoms with Gasteiger partial charge in [0.2, 0.25) is 7.42 Å². The lowest BCUT2D eigenvalue weighted by atomic mass is 10.1. The number of benzene rings is 1. The summed E-state index contributed by atoms with van der Waals surface area (Å²) >= 11 is 11.5. The number of hydrogen-bond donors (Lipinski definition) is 0. The van der Waals surface area contributed by atoms with Gasteiger partial charge in [0.25, 0.3) is 0 Å². The minimum absolute atomic E-state index is 0.306. The van der Waals surface area contributed by atoms with Gasteiger partial charge in [0, 0.05) is 0 Å². The maximum atomic E-state index is 11.2. The van der Waals surface area contributed by atoms with Crippen LogP contribution in [0.3, 0.4) is 0 Å². The van der Waals surface area contributed by atoms with Gasteiger partial charge in [-0.15, -0.1) is 22.2 Å². The van der Waals surface area contributed by atoms with E-state index in [0.29, 0.717) is 17.2 Å². The van der Waals surface area contributed by atoms with Crippen LogP contribution in [0.15, 0.2) is 18.2 Å². The number of cyclic esters (lactones) is 2. The molecule has 0 aliphatic carbocycles. The second kappa shape index (κ2) is 3.96. The lowest BCUT2D eigenvalue weighted by Crippen LogP contribution is -2.01. The molecule has 0 amide bonds. The summed E-state index contributed by atoms with van der Waals surface area (Å²) in [6.45, 7) is 0. The van der Waals surface area contributed by atoms with Crippen LogP contribution in [0.5, 0.6) is 0 Å². The van der Waals surface area contributed by atoms with Gasteiger partial charge in [-0.3, -0.25) is 0 Å². The van der Waals surface area contributed by atoms with Gasteiger partial charge >= 0.3 is 11.9 Å². The monoisotopic (exact) mass is 260 g/mol. The number of rotatable bonds is 2. The molecule has 0 N–H and O–H groups in total. The molecule has 78 valence electrons. The number of halogens is 2. The summed E-state index contributed by atoms with van der Waals surface area (Å²) in [4.78, 5) is 22.3. The summed E-state index contributed by atoms with van der Waals surface area (Å²) in [7, 11) is -1.75. The second-order valence-corrected chi connectivity index (χ2v) is 8.17. The Bertz CT molecular complexity index is 445. The van der Waals surface area contributed by atoms with E-state index in [1.807, 2.05) is 0 Å². The highest BCUT2D eigenvalue weighted by Crippen LogP contribution is 2.22. The zero-order valence-electron chi connectivity index (χ0n) is 7.50. The third kappa shape index (κ3) is 2.07. The highest BCUT2D eigenvalue weighted by Gasteiger charge is 2.29. The number of esters is 2. The molecule has 0 radical (unpaired) electrons. The molecule has 0 saturated heterocycles. The van der Waals surface area contributed by atoms with Gasteiger partial charge in [0.05, 0.1) is 11.1 Å². The number of carbonyl (C=O) groups excluding carboxylic acids is 2. The van der Waals surface area contributed by atoms with E-state index in [0.717, 1.165) is 5.56 Å². The molecular weight excluding hydrogens is 255 g/mol. The molecule has 0 aromatic heterocycles. The first-order valence-electron chi connectivity index (χ1n) is 4.25. The Hall–Kier alpha value is -0.843. The fourth-order valence-electron chi connectivity index (χ4n) is 1.44. The molecule has 6 heteroatoms. The quantitative estimate of drug-likeness (QED) is 0.353. The van der Waals surface area contributed by atoms with Crippen LogP contribution < -0.4 is 0 Å². The Morgan fingerprint density at radius 3 is 2.47 bits per heavy atom. The van der Waals surface area contributed by atoms with Crippen LogP contribution in [-0.4, -0.2) is 19.4 Å². The first-order valence-corrected chi connectivity index (χ1v) is 8.56. The zero-order valence-corrected chi connectivity index (χ0v) is 10.2. The maximum absolute atomic E-state index is 11.2. The van der Waals surface area contributed by atoms with Crippen LogP contribution >= 0.6 is 22.2 Å². The predicted octanol–water partition coefficient (Wildman–Crippen LogP) is 1.78. The molecule has 3 nitrogen and oxygen atoms in total. The van der Waals surface area contributed by atoms with Gasteiger partial charge in [0.1, 0.15) is 0 Å². The van der Waals surface area contributed by atoms with Crippen molar-refractivity contribution in [3.8, 4) is 0 Å². The number of fused-ring (bicyclic) bond motifs is 1. The minimum atomic E-state index is -1.75. The van der Waals surface area contributed by atoms with Crippen molar-refractivity contribution in [3.05, 3.63) is 34.9 Å². The third-order valence-electron chi connectivity index (χ3n) is 2.10. The molecule has 1 aliphatic rings. The second-order valence-electron chi connectivity index (χ2n) is 3.15. The minimum Gasteiger partial charge on any atom is -0.386 e. The lowest BCUT2D eigenvalue weighted by Gasteiger charge is -2.00. The Kier molecular flexibility index (Phi) is 2.82. The van der Waals surface area contributed by atoms with Crippen molar-refractivity contribution >= 4 is 41.5 Å². The third-order valence-corrected chi connectivity index (χ3v) is 3.81. The SMILES string of the molecule is O=C1OC(=O)c2cc(C[SiH](Cl)Cl)ccc21. The van der Waals surface area contributed by atoms with Crippen LogP contribution in [0, 0.1) is 0 Å².